The summed E-state index contributed by atoms with van der Waals surface area (Å²) in [4.78, 5) is 0. The van der Waals surface area contributed by atoms with Crippen molar-refractivity contribution < 1.29 is 0 Å². The highest BCUT2D eigenvalue weighted by Crippen LogP contribution is 2.31. The Balaban J connectivity index is 2.49. The van der Waals surface area contributed by atoms with E-state index in [0.29, 0.717) is 6.04 Å². The number of hydrogen-bond acceptors (Lipinski definition) is 3. The van der Waals surface area contributed by atoms with Crippen LogP contribution in [0.25, 0.3) is 11.3 Å². The monoisotopic (exact) mass is 255 g/mol. The van der Waals surface area contributed by atoms with Gasteiger partial charge in [-0.2, -0.15) is 5.10 Å². The van der Waals surface area contributed by atoms with Crippen molar-refractivity contribution in [1.82, 2.24) is 14.2 Å². The van der Waals surface area contributed by atoms with E-state index in [0.717, 1.165) is 28.4 Å². The minimum Gasteiger partial charge on any atom is -0.265 e. The predicted molar refractivity (Wildman–Crippen MR) is 68.1 cm³/mol. The van der Waals surface area contributed by atoms with E-state index in [1.165, 1.54) is 11.5 Å². The second kappa shape index (κ2) is 4.55. The van der Waals surface area contributed by atoms with Crippen LogP contribution < -0.4 is 0 Å². The molecule has 2 rings (SSSR count). The molecule has 3 nitrogen and oxygen atoms in total. The Hall–Kier alpha value is -0.870. The summed E-state index contributed by atoms with van der Waals surface area (Å²) in [6.45, 7) is 6.29. The molecule has 0 aliphatic heterocycles. The standard InChI is InChI=1S/C11H14ClN3S/c1-4-7(2)15-8(3)10(12)11(14-15)9-5-13-16-6-9/h5-7H,4H2,1-3H3. The van der Waals surface area contributed by atoms with Crippen LogP contribution in [0.5, 0.6) is 0 Å². The van der Waals surface area contributed by atoms with Gasteiger partial charge in [0.1, 0.15) is 5.69 Å². The smallest absolute Gasteiger partial charge is 0.114 e. The topological polar surface area (TPSA) is 30.7 Å². The summed E-state index contributed by atoms with van der Waals surface area (Å²) in [5.41, 5.74) is 2.87. The molecule has 2 heterocycles. The van der Waals surface area contributed by atoms with E-state index < -0.39 is 0 Å². The third-order valence-electron chi connectivity index (χ3n) is 2.79. The van der Waals surface area contributed by atoms with Crippen molar-refractivity contribution in [2.75, 3.05) is 0 Å². The van der Waals surface area contributed by atoms with E-state index in [2.05, 4.69) is 23.3 Å². The van der Waals surface area contributed by atoms with Gasteiger partial charge in [-0.1, -0.05) is 18.5 Å². The van der Waals surface area contributed by atoms with Crippen molar-refractivity contribution in [3.8, 4) is 11.3 Å². The van der Waals surface area contributed by atoms with Crippen LogP contribution in [-0.2, 0) is 0 Å². The molecule has 0 aliphatic carbocycles. The molecule has 0 amide bonds. The normalized spacial score (nSPS) is 13.0. The predicted octanol–water partition coefficient (Wildman–Crippen LogP) is 3.94. The minimum absolute atomic E-state index is 0.373. The van der Waals surface area contributed by atoms with Crippen LogP contribution in [0.2, 0.25) is 5.02 Å². The van der Waals surface area contributed by atoms with Gasteiger partial charge in [0.2, 0.25) is 0 Å². The molecule has 2 aromatic heterocycles. The molecular weight excluding hydrogens is 242 g/mol. The van der Waals surface area contributed by atoms with E-state index >= 15 is 0 Å². The van der Waals surface area contributed by atoms with Crippen molar-refractivity contribution in [3.63, 3.8) is 0 Å². The third kappa shape index (κ3) is 1.87. The summed E-state index contributed by atoms with van der Waals surface area (Å²) in [5, 5.41) is 7.28. The zero-order valence-electron chi connectivity index (χ0n) is 9.57. The van der Waals surface area contributed by atoms with Crippen LogP contribution in [0.15, 0.2) is 11.6 Å². The van der Waals surface area contributed by atoms with Crippen molar-refractivity contribution in [3.05, 3.63) is 22.3 Å². The van der Waals surface area contributed by atoms with Crippen molar-refractivity contribution in [1.29, 1.82) is 0 Å². The van der Waals surface area contributed by atoms with Gasteiger partial charge < -0.3 is 0 Å². The summed E-state index contributed by atoms with van der Waals surface area (Å²) in [6.07, 6.45) is 2.85. The summed E-state index contributed by atoms with van der Waals surface area (Å²) >= 11 is 7.71. The fourth-order valence-electron chi connectivity index (χ4n) is 1.61. The van der Waals surface area contributed by atoms with Gasteiger partial charge in [-0.25, -0.2) is 4.37 Å². The van der Waals surface area contributed by atoms with Gasteiger partial charge >= 0.3 is 0 Å². The highest BCUT2D eigenvalue weighted by atomic mass is 35.5. The SMILES string of the molecule is CCC(C)n1nc(-c2cnsc2)c(Cl)c1C. The van der Waals surface area contributed by atoms with Gasteiger partial charge in [0.25, 0.3) is 0 Å². The van der Waals surface area contributed by atoms with Crippen LogP contribution in [0.3, 0.4) is 0 Å². The van der Waals surface area contributed by atoms with E-state index in [-0.39, 0.29) is 0 Å². The number of halogens is 1. The third-order valence-corrected chi connectivity index (χ3v) is 3.83. The lowest BCUT2D eigenvalue weighted by atomic mass is 10.2. The van der Waals surface area contributed by atoms with Gasteiger partial charge in [0.05, 0.1) is 16.9 Å². The Morgan fingerprint density at radius 1 is 1.56 bits per heavy atom. The highest BCUT2D eigenvalue weighted by Gasteiger charge is 2.17. The Morgan fingerprint density at radius 3 is 2.88 bits per heavy atom. The molecule has 86 valence electrons. The summed E-state index contributed by atoms with van der Waals surface area (Å²) < 4.78 is 6.07. The molecule has 0 bridgehead atoms. The molecule has 0 N–H and O–H groups in total. The van der Waals surface area contributed by atoms with Crippen LogP contribution in [0, 0.1) is 6.92 Å². The van der Waals surface area contributed by atoms with Gasteiger partial charge in [-0.05, 0) is 31.8 Å². The lowest BCUT2D eigenvalue weighted by Crippen LogP contribution is -2.07. The molecule has 0 aliphatic rings. The Kier molecular flexibility index (Phi) is 3.30. The molecule has 16 heavy (non-hydrogen) atoms. The molecule has 0 saturated heterocycles. The first-order chi connectivity index (χ1) is 7.65. The van der Waals surface area contributed by atoms with Crippen molar-refractivity contribution in [2.24, 2.45) is 0 Å². The summed E-state index contributed by atoms with van der Waals surface area (Å²) in [6, 6.07) is 0.373. The van der Waals surface area contributed by atoms with Gasteiger partial charge in [0, 0.05) is 17.0 Å². The van der Waals surface area contributed by atoms with Crippen molar-refractivity contribution in [2.45, 2.75) is 33.2 Å². The lowest BCUT2D eigenvalue weighted by Gasteiger charge is -2.10. The Bertz CT molecular complexity index is 476. The molecule has 5 heteroatoms. The summed E-state index contributed by atoms with van der Waals surface area (Å²) in [5.74, 6) is 0. The molecule has 1 atom stereocenters. The van der Waals surface area contributed by atoms with Gasteiger partial charge in [0.15, 0.2) is 0 Å². The second-order valence-corrected chi connectivity index (χ2v) is 4.90. The fraction of sp³-hybridized carbons (Fsp3) is 0.455. The highest BCUT2D eigenvalue weighted by molar-refractivity contribution is 7.03. The zero-order valence-corrected chi connectivity index (χ0v) is 11.1. The lowest BCUT2D eigenvalue weighted by molar-refractivity contribution is 0.468. The van der Waals surface area contributed by atoms with E-state index in [1.807, 2.05) is 17.0 Å². The Labute approximate surface area is 104 Å². The number of nitrogens with zero attached hydrogens (tertiary/aromatic N) is 3. The molecule has 0 radical (unpaired) electrons. The first-order valence-corrected chi connectivity index (χ1v) is 6.51. The second-order valence-electron chi connectivity index (χ2n) is 3.86. The molecule has 1 unspecified atom stereocenters. The van der Waals surface area contributed by atoms with Crippen LogP contribution in [0.1, 0.15) is 32.0 Å². The maximum Gasteiger partial charge on any atom is 0.114 e. The Morgan fingerprint density at radius 2 is 2.31 bits per heavy atom. The maximum atomic E-state index is 6.30. The average Bonchev–Trinajstić information content (AvgIpc) is 2.89. The van der Waals surface area contributed by atoms with E-state index in [1.54, 1.807) is 6.20 Å². The van der Waals surface area contributed by atoms with Crippen LogP contribution >= 0.6 is 23.1 Å². The fourth-order valence-corrected chi connectivity index (χ4v) is 2.36. The minimum atomic E-state index is 0.373. The van der Waals surface area contributed by atoms with E-state index in [4.69, 9.17) is 11.6 Å². The number of hydrogen-bond donors (Lipinski definition) is 0. The van der Waals surface area contributed by atoms with Gasteiger partial charge in [-0.15, -0.1) is 0 Å². The first-order valence-electron chi connectivity index (χ1n) is 5.29. The van der Waals surface area contributed by atoms with Gasteiger partial charge in [-0.3, -0.25) is 4.68 Å². The number of rotatable bonds is 3. The largest absolute Gasteiger partial charge is 0.265 e. The maximum absolute atomic E-state index is 6.30. The zero-order chi connectivity index (χ0) is 11.7. The molecule has 0 saturated carbocycles. The molecule has 0 spiro atoms. The van der Waals surface area contributed by atoms with E-state index in [9.17, 15) is 0 Å². The quantitative estimate of drug-likeness (QED) is 0.832. The molecule has 0 fully saturated rings. The molecule has 2 aromatic rings. The molecule has 0 aromatic carbocycles. The molecular formula is C11H14ClN3S. The van der Waals surface area contributed by atoms with Crippen molar-refractivity contribution >= 4 is 23.1 Å². The first kappa shape index (κ1) is 11.6. The van der Waals surface area contributed by atoms with Crippen LogP contribution in [0.4, 0.5) is 0 Å². The summed E-state index contributed by atoms with van der Waals surface area (Å²) in [7, 11) is 0. The number of aromatic nitrogens is 3. The average molecular weight is 256 g/mol. The van der Waals surface area contributed by atoms with Crippen LogP contribution in [-0.4, -0.2) is 14.2 Å².